The Kier molecular flexibility index (Phi) is 7.51. The van der Waals surface area contributed by atoms with E-state index in [-0.39, 0.29) is 17.1 Å². The maximum Gasteiger partial charge on any atom is 0.508 e. The second kappa shape index (κ2) is 10.1. The molecule has 4 saturated carbocycles. The zero-order chi connectivity index (χ0) is 25.7. The van der Waals surface area contributed by atoms with Crippen LogP contribution < -0.4 is 0 Å². The number of ether oxygens (including phenoxy) is 3. The van der Waals surface area contributed by atoms with E-state index in [1.807, 2.05) is 0 Å². The van der Waals surface area contributed by atoms with E-state index < -0.39 is 6.16 Å². The average molecular weight is 503 g/mol. The van der Waals surface area contributed by atoms with Gasteiger partial charge in [0.2, 0.25) is 0 Å². The van der Waals surface area contributed by atoms with Crippen molar-refractivity contribution >= 4 is 6.16 Å². The molecule has 0 aromatic carbocycles. The number of fused-ring (bicyclic) bond motifs is 4. The summed E-state index contributed by atoms with van der Waals surface area (Å²) in [6.45, 7) is 15.1. The minimum Gasteiger partial charge on any atom is -0.434 e. The Morgan fingerprint density at radius 2 is 1.81 bits per heavy atom. The molecule has 5 aliphatic rings. The van der Waals surface area contributed by atoms with Crippen molar-refractivity contribution in [2.24, 2.45) is 46.3 Å². The molecule has 10 atom stereocenters. The molecule has 36 heavy (non-hydrogen) atoms. The molecule has 0 bridgehead atoms. The van der Waals surface area contributed by atoms with Gasteiger partial charge in [-0.2, -0.15) is 0 Å². The van der Waals surface area contributed by atoms with Gasteiger partial charge in [-0.15, -0.1) is 0 Å². The van der Waals surface area contributed by atoms with Crippen LogP contribution in [0.25, 0.3) is 0 Å². The van der Waals surface area contributed by atoms with E-state index in [1.54, 1.807) is 0 Å². The maximum atomic E-state index is 12.2. The molecule has 0 radical (unpaired) electrons. The second-order valence-electron chi connectivity index (χ2n) is 14.5. The highest BCUT2D eigenvalue weighted by molar-refractivity contribution is 5.60. The standard InChI is InChI=1S/C32H54O4/c1-7-8-18-34-29(33)35-23-14-17-31(6)27-15-16-30(5)25(22(4)11-9-10-21(2)3)12-13-26(30)24(27)19-28-32(31,20-23)36-28/h21-28H,7-20H2,1-6H3/t22?,23-,24-,25+,26-,27-,28+,30+,31+,32?/m0/s1. The number of rotatable bonds is 9. The quantitative estimate of drug-likeness (QED) is 0.180. The van der Waals surface area contributed by atoms with Gasteiger partial charge in [-0.1, -0.05) is 67.2 Å². The largest absolute Gasteiger partial charge is 0.508 e. The van der Waals surface area contributed by atoms with E-state index in [0.29, 0.717) is 18.1 Å². The first kappa shape index (κ1) is 26.8. The molecule has 4 heteroatoms. The van der Waals surface area contributed by atoms with Crippen molar-refractivity contribution in [1.82, 2.24) is 0 Å². The molecule has 1 saturated heterocycles. The summed E-state index contributed by atoms with van der Waals surface area (Å²) < 4.78 is 17.8. The highest BCUT2D eigenvalue weighted by Gasteiger charge is 2.76. The Morgan fingerprint density at radius 1 is 1.00 bits per heavy atom. The van der Waals surface area contributed by atoms with Crippen LogP contribution in [-0.2, 0) is 14.2 Å². The predicted octanol–water partition coefficient (Wildman–Crippen LogP) is 8.56. The van der Waals surface area contributed by atoms with Crippen molar-refractivity contribution in [2.45, 2.75) is 143 Å². The predicted molar refractivity (Wildman–Crippen MR) is 144 cm³/mol. The first-order valence-electron chi connectivity index (χ1n) is 15.7. The molecule has 5 fully saturated rings. The van der Waals surface area contributed by atoms with Gasteiger partial charge in [-0.3, -0.25) is 0 Å². The molecule has 206 valence electrons. The first-order chi connectivity index (χ1) is 17.1. The summed E-state index contributed by atoms with van der Waals surface area (Å²) in [5.74, 6) is 5.04. The van der Waals surface area contributed by atoms with Crippen LogP contribution in [0.1, 0.15) is 125 Å². The second-order valence-corrected chi connectivity index (χ2v) is 14.5. The SMILES string of the molecule is CCCCOC(=O)O[C@H]1CC[C@]2(C)[C@H]3CC[C@]4(C)[C@@H](C(C)CCCC(C)C)CC[C@H]4[C@@H]3C[C@H]3OC32C1. The van der Waals surface area contributed by atoms with Crippen molar-refractivity contribution < 1.29 is 19.0 Å². The van der Waals surface area contributed by atoms with Crippen molar-refractivity contribution in [2.75, 3.05) is 6.61 Å². The number of hydrogen-bond acceptors (Lipinski definition) is 4. The van der Waals surface area contributed by atoms with Crippen LogP contribution in [0.4, 0.5) is 4.79 Å². The first-order valence-corrected chi connectivity index (χ1v) is 15.7. The van der Waals surface area contributed by atoms with Crippen LogP contribution in [0.5, 0.6) is 0 Å². The molecule has 0 aromatic rings. The number of hydrogen-bond donors (Lipinski definition) is 0. The summed E-state index contributed by atoms with van der Waals surface area (Å²) in [4.78, 5) is 12.2. The summed E-state index contributed by atoms with van der Waals surface area (Å²) in [6.07, 6.45) is 15.8. The van der Waals surface area contributed by atoms with Crippen LogP contribution in [0.3, 0.4) is 0 Å². The molecule has 0 aromatic heterocycles. The third-order valence-corrected chi connectivity index (χ3v) is 12.2. The molecule has 4 aliphatic carbocycles. The van der Waals surface area contributed by atoms with Gasteiger partial charge in [0.15, 0.2) is 0 Å². The Bertz CT molecular complexity index is 795. The van der Waals surface area contributed by atoms with Gasteiger partial charge in [-0.05, 0) is 92.3 Å². The Hall–Kier alpha value is -0.770. The zero-order valence-electron chi connectivity index (χ0n) is 24.2. The normalized spacial score (nSPS) is 45.8. The molecule has 1 spiro atoms. The van der Waals surface area contributed by atoms with Crippen molar-refractivity contribution in [1.29, 1.82) is 0 Å². The van der Waals surface area contributed by atoms with E-state index in [2.05, 4.69) is 41.5 Å². The van der Waals surface area contributed by atoms with Gasteiger partial charge in [0, 0.05) is 11.8 Å². The van der Waals surface area contributed by atoms with Gasteiger partial charge < -0.3 is 14.2 Å². The summed E-state index contributed by atoms with van der Waals surface area (Å²) in [5, 5.41) is 0. The molecule has 1 heterocycles. The number of unbranched alkanes of at least 4 members (excludes halogenated alkanes) is 1. The van der Waals surface area contributed by atoms with Crippen LogP contribution in [0, 0.1) is 46.3 Å². The molecular weight excluding hydrogens is 448 g/mol. The third kappa shape index (κ3) is 4.43. The highest BCUT2D eigenvalue weighted by Crippen LogP contribution is 2.74. The number of carbonyl (C=O) groups excluding carboxylic acids is 1. The Balaban J connectivity index is 1.23. The topological polar surface area (TPSA) is 48.1 Å². The van der Waals surface area contributed by atoms with Crippen LogP contribution in [0.2, 0.25) is 0 Å². The van der Waals surface area contributed by atoms with Crippen LogP contribution in [-0.4, -0.2) is 30.6 Å². The minimum absolute atomic E-state index is 0.0508. The molecule has 0 N–H and O–H groups in total. The summed E-state index contributed by atoms with van der Waals surface area (Å²) in [7, 11) is 0. The fourth-order valence-electron chi connectivity index (χ4n) is 10.2. The summed E-state index contributed by atoms with van der Waals surface area (Å²) in [6, 6.07) is 0. The molecular formula is C32H54O4. The van der Waals surface area contributed by atoms with E-state index in [1.165, 1.54) is 51.4 Å². The van der Waals surface area contributed by atoms with Gasteiger partial charge in [-0.25, -0.2) is 4.79 Å². The molecule has 2 unspecified atom stereocenters. The number of carbonyl (C=O) groups is 1. The molecule has 1 aliphatic heterocycles. The fourth-order valence-corrected chi connectivity index (χ4v) is 10.2. The van der Waals surface area contributed by atoms with Gasteiger partial charge in [0.1, 0.15) is 11.7 Å². The number of epoxide rings is 1. The third-order valence-electron chi connectivity index (χ3n) is 12.2. The average Bonchev–Trinajstić information content (AvgIpc) is 3.40. The summed E-state index contributed by atoms with van der Waals surface area (Å²) >= 11 is 0. The molecule has 5 rings (SSSR count). The van der Waals surface area contributed by atoms with Crippen LogP contribution in [0.15, 0.2) is 0 Å². The van der Waals surface area contributed by atoms with Crippen molar-refractivity contribution in [3.8, 4) is 0 Å². The Labute approximate surface area is 221 Å². The fraction of sp³-hybridized carbons (Fsp3) is 0.969. The van der Waals surface area contributed by atoms with Crippen LogP contribution >= 0.6 is 0 Å². The van der Waals surface area contributed by atoms with Crippen molar-refractivity contribution in [3.05, 3.63) is 0 Å². The van der Waals surface area contributed by atoms with Gasteiger partial charge >= 0.3 is 6.16 Å². The summed E-state index contributed by atoms with van der Waals surface area (Å²) in [5.41, 5.74) is 0.692. The maximum absolute atomic E-state index is 12.2. The highest BCUT2D eigenvalue weighted by atomic mass is 16.7. The van der Waals surface area contributed by atoms with E-state index in [4.69, 9.17) is 14.2 Å². The lowest BCUT2D eigenvalue weighted by molar-refractivity contribution is -0.120. The van der Waals surface area contributed by atoms with E-state index >= 15 is 0 Å². The lowest BCUT2D eigenvalue weighted by Crippen LogP contribution is -2.59. The monoisotopic (exact) mass is 502 g/mol. The molecule has 4 nitrogen and oxygen atoms in total. The lowest BCUT2D eigenvalue weighted by Gasteiger charge is -2.59. The zero-order valence-corrected chi connectivity index (χ0v) is 24.2. The van der Waals surface area contributed by atoms with Gasteiger partial charge in [0.25, 0.3) is 0 Å². The minimum atomic E-state index is -0.479. The van der Waals surface area contributed by atoms with E-state index in [9.17, 15) is 4.79 Å². The van der Waals surface area contributed by atoms with Crippen molar-refractivity contribution in [3.63, 3.8) is 0 Å². The smallest absolute Gasteiger partial charge is 0.434 e. The lowest BCUT2D eigenvalue weighted by atomic mass is 9.44. The van der Waals surface area contributed by atoms with E-state index in [0.717, 1.165) is 67.6 Å². The van der Waals surface area contributed by atoms with Gasteiger partial charge in [0.05, 0.1) is 12.7 Å². The molecule has 0 amide bonds. The Morgan fingerprint density at radius 3 is 2.56 bits per heavy atom.